The highest BCUT2D eigenvalue weighted by atomic mass is 35.5. The van der Waals surface area contributed by atoms with Gasteiger partial charge in [-0.1, -0.05) is 0 Å². The van der Waals surface area contributed by atoms with Gasteiger partial charge >= 0.3 is 0 Å². The van der Waals surface area contributed by atoms with Crippen molar-refractivity contribution in [2.45, 2.75) is 0 Å². The van der Waals surface area contributed by atoms with Crippen molar-refractivity contribution in [2.24, 2.45) is 5.73 Å². The zero-order chi connectivity index (χ0) is 12.0. The second kappa shape index (κ2) is 7.60. The largest absolute Gasteiger partial charge is 0.489 e. The van der Waals surface area contributed by atoms with Crippen molar-refractivity contribution in [2.75, 3.05) is 13.2 Å². The van der Waals surface area contributed by atoms with E-state index in [0.717, 1.165) is 6.07 Å². The Morgan fingerprint density at radius 3 is 2.71 bits per heavy atom. The third-order valence-corrected chi connectivity index (χ3v) is 1.90. The summed E-state index contributed by atoms with van der Waals surface area (Å²) in [6.07, 6.45) is 0.361. The lowest BCUT2D eigenvalue weighted by Crippen LogP contribution is -2.10. The number of nitrogens with two attached hydrogens (primary N) is 1. The predicted molar refractivity (Wildman–Crippen MR) is 62.1 cm³/mol. The first-order valence-corrected chi connectivity index (χ1v) is 4.52. The number of ether oxygens (including phenoxy) is 1. The lowest BCUT2D eigenvalue weighted by Gasteiger charge is -2.07. The Balaban J connectivity index is 0.00000256. The van der Waals surface area contributed by atoms with Gasteiger partial charge < -0.3 is 10.5 Å². The summed E-state index contributed by atoms with van der Waals surface area (Å²) >= 11 is 0. The van der Waals surface area contributed by atoms with Crippen LogP contribution in [0.3, 0.4) is 0 Å². The van der Waals surface area contributed by atoms with Gasteiger partial charge in [0.05, 0.1) is 11.9 Å². The highest BCUT2D eigenvalue weighted by Gasteiger charge is 2.04. The third-order valence-electron chi connectivity index (χ3n) is 1.90. The number of rotatable bonds is 4. The molecule has 0 amide bonds. The standard InChI is InChI=1S/C11H10F2N2O.ClH/c12-4-8(5-14)7-16-10-2-1-9(6-15)11(13)3-10;/h1-4H,5,7,14H2;1H/b8-4+;. The maximum Gasteiger partial charge on any atom is 0.144 e. The maximum absolute atomic E-state index is 13.1. The van der Waals surface area contributed by atoms with Gasteiger partial charge in [0.2, 0.25) is 0 Å². The normalized spacial score (nSPS) is 10.4. The number of nitriles is 1. The van der Waals surface area contributed by atoms with E-state index in [-0.39, 0.29) is 42.4 Å². The van der Waals surface area contributed by atoms with Gasteiger partial charge in [-0.2, -0.15) is 5.26 Å². The van der Waals surface area contributed by atoms with Crippen molar-refractivity contribution < 1.29 is 13.5 Å². The summed E-state index contributed by atoms with van der Waals surface area (Å²) in [7, 11) is 0. The van der Waals surface area contributed by atoms with Gasteiger partial charge in [-0.15, -0.1) is 12.4 Å². The predicted octanol–water partition coefficient (Wildman–Crippen LogP) is 2.31. The molecule has 0 aliphatic carbocycles. The monoisotopic (exact) mass is 260 g/mol. The number of nitrogens with zero attached hydrogens (tertiary/aromatic N) is 1. The number of benzene rings is 1. The Labute approximate surface area is 104 Å². The van der Waals surface area contributed by atoms with E-state index in [2.05, 4.69) is 0 Å². The summed E-state index contributed by atoms with van der Waals surface area (Å²) < 4.78 is 30.3. The fourth-order valence-corrected chi connectivity index (χ4v) is 0.987. The third kappa shape index (κ3) is 4.39. The van der Waals surface area contributed by atoms with Crippen LogP contribution in [-0.4, -0.2) is 13.2 Å². The number of hydrogen-bond donors (Lipinski definition) is 1. The second-order valence-electron chi connectivity index (χ2n) is 3.01. The highest BCUT2D eigenvalue weighted by molar-refractivity contribution is 5.85. The van der Waals surface area contributed by atoms with Crippen LogP contribution in [0.5, 0.6) is 5.75 Å². The van der Waals surface area contributed by atoms with E-state index < -0.39 is 5.82 Å². The molecule has 92 valence electrons. The molecule has 0 saturated heterocycles. The lowest BCUT2D eigenvalue weighted by atomic mass is 10.2. The zero-order valence-corrected chi connectivity index (χ0v) is 9.64. The van der Waals surface area contributed by atoms with Crippen LogP contribution in [0.25, 0.3) is 0 Å². The average Bonchev–Trinajstić information content (AvgIpc) is 2.30. The van der Waals surface area contributed by atoms with Crippen LogP contribution in [-0.2, 0) is 0 Å². The number of halogens is 3. The van der Waals surface area contributed by atoms with Gasteiger partial charge in [-0.3, -0.25) is 0 Å². The van der Waals surface area contributed by atoms with Crippen LogP contribution in [0.4, 0.5) is 8.78 Å². The molecule has 1 aromatic carbocycles. The molecule has 2 N–H and O–H groups in total. The zero-order valence-electron chi connectivity index (χ0n) is 8.82. The van der Waals surface area contributed by atoms with Gasteiger partial charge in [0.25, 0.3) is 0 Å². The van der Waals surface area contributed by atoms with E-state index in [0.29, 0.717) is 6.33 Å². The smallest absolute Gasteiger partial charge is 0.144 e. The van der Waals surface area contributed by atoms with Gasteiger partial charge in [0, 0.05) is 18.2 Å². The summed E-state index contributed by atoms with van der Waals surface area (Å²) in [4.78, 5) is 0. The van der Waals surface area contributed by atoms with E-state index in [9.17, 15) is 8.78 Å². The Morgan fingerprint density at radius 1 is 1.53 bits per heavy atom. The highest BCUT2D eigenvalue weighted by Crippen LogP contribution is 2.16. The van der Waals surface area contributed by atoms with Crippen LogP contribution < -0.4 is 10.5 Å². The van der Waals surface area contributed by atoms with Gasteiger partial charge in [0.1, 0.15) is 24.2 Å². The molecule has 0 saturated carbocycles. The molecule has 0 unspecified atom stereocenters. The molecule has 1 aromatic rings. The van der Waals surface area contributed by atoms with Crippen molar-refractivity contribution in [1.82, 2.24) is 0 Å². The molecule has 0 heterocycles. The molecule has 6 heteroatoms. The summed E-state index contributed by atoms with van der Waals surface area (Å²) in [5.74, 6) is -0.442. The van der Waals surface area contributed by atoms with E-state index in [1.54, 1.807) is 6.07 Å². The summed E-state index contributed by atoms with van der Waals surface area (Å²) in [6, 6.07) is 5.50. The van der Waals surface area contributed by atoms with Crippen LogP contribution in [0.2, 0.25) is 0 Å². The van der Waals surface area contributed by atoms with Crippen LogP contribution in [0, 0.1) is 17.1 Å². The molecule has 0 fully saturated rings. The van der Waals surface area contributed by atoms with Crippen LogP contribution in [0.1, 0.15) is 5.56 Å². The van der Waals surface area contributed by atoms with Crippen LogP contribution in [0.15, 0.2) is 30.1 Å². The lowest BCUT2D eigenvalue weighted by molar-refractivity contribution is 0.345. The Hall–Kier alpha value is -1.64. The summed E-state index contributed by atoms with van der Waals surface area (Å²) in [6.45, 7) is -0.00635. The Bertz CT molecular complexity index is 444. The molecule has 17 heavy (non-hydrogen) atoms. The molecular formula is C11H11ClF2N2O. The first-order valence-electron chi connectivity index (χ1n) is 4.52. The molecule has 0 spiro atoms. The fraction of sp³-hybridized carbons (Fsp3) is 0.182. The molecule has 0 radical (unpaired) electrons. The van der Waals surface area contributed by atoms with Crippen molar-refractivity contribution in [1.29, 1.82) is 5.26 Å². The fourth-order valence-electron chi connectivity index (χ4n) is 0.987. The van der Waals surface area contributed by atoms with Crippen molar-refractivity contribution in [3.8, 4) is 11.8 Å². The van der Waals surface area contributed by atoms with E-state index in [4.69, 9.17) is 15.7 Å². The maximum atomic E-state index is 13.1. The molecule has 0 aliphatic rings. The SMILES string of the molecule is Cl.N#Cc1ccc(OC/C(=C/F)CN)cc1F. The van der Waals surface area contributed by atoms with E-state index in [1.165, 1.54) is 12.1 Å². The Kier molecular flexibility index (Phi) is 6.87. The molecule has 1 rings (SSSR count). The van der Waals surface area contributed by atoms with Gasteiger partial charge in [-0.05, 0) is 12.1 Å². The molecule has 0 atom stereocenters. The van der Waals surface area contributed by atoms with Crippen molar-refractivity contribution in [3.63, 3.8) is 0 Å². The summed E-state index contributed by atoms with van der Waals surface area (Å²) in [5.41, 5.74) is 5.42. The number of hydrogen-bond acceptors (Lipinski definition) is 3. The van der Waals surface area contributed by atoms with Crippen molar-refractivity contribution in [3.05, 3.63) is 41.5 Å². The molecule has 3 nitrogen and oxygen atoms in total. The molecular weight excluding hydrogens is 250 g/mol. The second-order valence-corrected chi connectivity index (χ2v) is 3.01. The average molecular weight is 261 g/mol. The van der Waals surface area contributed by atoms with Crippen molar-refractivity contribution >= 4 is 12.4 Å². The van der Waals surface area contributed by atoms with E-state index >= 15 is 0 Å². The molecule has 0 aliphatic heterocycles. The Morgan fingerprint density at radius 2 is 2.24 bits per heavy atom. The van der Waals surface area contributed by atoms with E-state index in [1.807, 2.05) is 0 Å². The minimum Gasteiger partial charge on any atom is -0.489 e. The quantitative estimate of drug-likeness (QED) is 0.904. The molecule has 0 aromatic heterocycles. The minimum absolute atomic E-state index is 0. The minimum atomic E-state index is -0.668. The van der Waals surface area contributed by atoms with Gasteiger partial charge in [-0.25, -0.2) is 8.78 Å². The van der Waals surface area contributed by atoms with Gasteiger partial charge in [0.15, 0.2) is 0 Å². The topological polar surface area (TPSA) is 59.0 Å². The first kappa shape index (κ1) is 15.4. The summed E-state index contributed by atoms with van der Waals surface area (Å²) in [5, 5.41) is 8.50. The first-order chi connectivity index (χ1) is 7.71. The molecule has 0 bridgehead atoms. The van der Waals surface area contributed by atoms with Crippen LogP contribution >= 0.6 is 12.4 Å².